The summed E-state index contributed by atoms with van der Waals surface area (Å²) < 4.78 is 10.9. The van der Waals surface area contributed by atoms with Crippen molar-refractivity contribution >= 4 is 22.1 Å². The Balaban J connectivity index is 2.99. The van der Waals surface area contributed by atoms with Gasteiger partial charge in [-0.1, -0.05) is 0 Å². The highest BCUT2D eigenvalue weighted by molar-refractivity contribution is 7.87. The van der Waals surface area contributed by atoms with Gasteiger partial charge in [-0.25, -0.2) is 0 Å². The Hall–Kier alpha value is -1.49. The minimum absolute atomic E-state index is 0.0594. The molecule has 1 atom stereocenters. The number of hydrogen-bond acceptors (Lipinski definition) is 3. The standard InChI is InChI=1S/C10H11NO3S/c1-8(7-15(2)14)9-3-5-10(6-4-9)11(12)13/h3-7H,1-2H3/b8-7+. The number of nitrogens with zero attached hydrogens (tertiary/aromatic N) is 1. The summed E-state index contributed by atoms with van der Waals surface area (Å²) in [5.74, 6) is 0. The van der Waals surface area contributed by atoms with E-state index in [1.54, 1.807) is 23.8 Å². The summed E-state index contributed by atoms with van der Waals surface area (Å²) in [5.41, 5.74) is 1.76. The number of benzene rings is 1. The topological polar surface area (TPSA) is 60.2 Å². The van der Waals surface area contributed by atoms with Crippen molar-refractivity contribution in [1.29, 1.82) is 0 Å². The Labute approximate surface area is 90.2 Å². The molecule has 0 saturated heterocycles. The van der Waals surface area contributed by atoms with E-state index in [-0.39, 0.29) is 5.69 Å². The van der Waals surface area contributed by atoms with Gasteiger partial charge in [0, 0.05) is 34.6 Å². The molecule has 0 aliphatic rings. The first-order valence-corrected chi connectivity index (χ1v) is 5.88. The van der Waals surface area contributed by atoms with Crippen LogP contribution in [-0.2, 0) is 10.8 Å². The summed E-state index contributed by atoms with van der Waals surface area (Å²) in [6.45, 7) is 1.82. The summed E-state index contributed by atoms with van der Waals surface area (Å²) in [5, 5.41) is 12.0. The van der Waals surface area contributed by atoms with Gasteiger partial charge in [0.2, 0.25) is 0 Å². The highest BCUT2D eigenvalue weighted by Crippen LogP contribution is 2.18. The number of hydrogen-bond donors (Lipinski definition) is 0. The smallest absolute Gasteiger partial charge is 0.258 e. The molecule has 0 aliphatic carbocycles. The lowest BCUT2D eigenvalue weighted by atomic mass is 10.1. The lowest BCUT2D eigenvalue weighted by Gasteiger charge is -1.99. The second-order valence-corrected chi connectivity index (χ2v) is 4.34. The minimum Gasteiger partial charge on any atom is -0.258 e. The molecule has 0 aliphatic heterocycles. The maximum Gasteiger partial charge on any atom is 0.269 e. The van der Waals surface area contributed by atoms with Crippen molar-refractivity contribution in [1.82, 2.24) is 0 Å². The third kappa shape index (κ3) is 3.28. The van der Waals surface area contributed by atoms with Gasteiger partial charge in [0.05, 0.1) is 4.92 Å². The van der Waals surface area contributed by atoms with E-state index in [0.717, 1.165) is 11.1 Å². The fourth-order valence-electron chi connectivity index (χ4n) is 1.16. The van der Waals surface area contributed by atoms with Gasteiger partial charge in [-0.3, -0.25) is 14.3 Å². The fourth-order valence-corrected chi connectivity index (χ4v) is 1.80. The van der Waals surface area contributed by atoms with Crippen LogP contribution in [-0.4, -0.2) is 15.4 Å². The quantitative estimate of drug-likeness (QED) is 0.586. The number of nitro groups is 1. The lowest BCUT2D eigenvalue weighted by molar-refractivity contribution is -0.384. The largest absolute Gasteiger partial charge is 0.269 e. The molecule has 1 unspecified atom stereocenters. The molecule has 5 heteroatoms. The van der Waals surface area contributed by atoms with Crippen molar-refractivity contribution in [2.45, 2.75) is 6.92 Å². The molecule has 0 amide bonds. The van der Waals surface area contributed by atoms with E-state index in [2.05, 4.69) is 0 Å². The Kier molecular flexibility index (Phi) is 3.74. The average Bonchev–Trinajstić information content (AvgIpc) is 2.17. The van der Waals surface area contributed by atoms with E-state index in [9.17, 15) is 14.3 Å². The molecule has 1 rings (SSSR count). The zero-order chi connectivity index (χ0) is 11.4. The van der Waals surface area contributed by atoms with Crippen molar-refractivity contribution in [3.05, 3.63) is 45.4 Å². The zero-order valence-corrected chi connectivity index (χ0v) is 9.28. The van der Waals surface area contributed by atoms with Gasteiger partial charge in [0.25, 0.3) is 5.69 Å². The normalized spacial score (nSPS) is 13.6. The predicted molar refractivity (Wildman–Crippen MR) is 60.8 cm³/mol. The van der Waals surface area contributed by atoms with Gasteiger partial charge in [-0.15, -0.1) is 0 Å². The highest BCUT2D eigenvalue weighted by atomic mass is 32.2. The van der Waals surface area contributed by atoms with Crippen molar-refractivity contribution in [3.63, 3.8) is 0 Å². The predicted octanol–water partition coefficient (Wildman–Crippen LogP) is 2.33. The first kappa shape index (κ1) is 11.6. The van der Waals surface area contributed by atoms with E-state index >= 15 is 0 Å². The van der Waals surface area contributed by atoms with Crippen molar-refractivity contribution in [2.24, 2.45) is 0 Å². The first-order valence-electron chi connectivity index (χ1n) is 4.26. The van der Waals surface area contributed by atoms with Crippen LogP contribution in [0.1, 0.15) is 12.5 Å². The molecule has 80 valence electrons. The third-order valence-electron chi connectivity index (χ3n) is 1.88. The molecule has 0 heterocycles. The van der Waals surface area contributed by atoms with Crippen LogP contribution in [0.25, 0.3) is 5.57 Å². The number of non-ortho nitro benzene ring substituents is 1. The molecule has 0 N–H and O–H groups in total. The Morgan fingerprint density at radius 2 is 1.93 bits per heavy atom. The van der Waals surface area contributed by atoms with Crippen LogP contribution < -0.4 is 0 Å². The molecule has 0 spiro atoms. The Morgan fingerprint density at radius 3 is 2.33 bits per heavy atom. The lowest BCUT2D eigenvalue weighted by Crippen LogP contribution is -1.88. The maximum atomic E-state index is 10.9. The van der Waals surface area contributed by atoms with Gasteiger partial charge in [0.1, 0.15) is 0 Å². The summed E-state index contributed by atoms with van der Waals surface area (Å²) in [6, 6.07) is 6.17. The zero-order valence-electron chi connectivity index (χ0n) is 8.47. The summed E-state index contributed by atoms with van der Waals surface area (Å²) in [7, 11) is -1.01. The van der Waals surface area contributed by atoms with Crippen molar-refractivity contribution in [2.75, 3.05) is 6.26 Å². The third-order valence-corrected chi connectivity index (χ3v) is 2.56. The molecule has 0 fully saturated rings. The number of rotatable bonds is 3. The first-order chi connectivity index (χ1) is 7.00. The van der Waals surface area contributed by atoms with Crippen LogP contribution in [0.2, 0.25) is 0 Å². The van der Waals surface area contributed by atoms with E-state index in [1.807, 2.05) is 6.92 Å². The van der Waals surface area contributed by atoms with Crippen LogP contribution in [0.15, 0.2) is 29.7 Å². The monoisotopic (exact) mass is 225 g/mol. The van der Waals surface area contributed by atoms with E-state index in [0.29, 0.717) is 0 Å². The summed E-state index contributed by atoms with van der Waals surface area (Å²) in [6.07, 6.45) is 1.58. The van der Waals surface area contributed by atoms with Gasteiger partial charge in [-0.05, 0) is 30.2 Å². The van der Waals surface area contributed by atoms with E-state index in [1.165, 1.54) is 12.1 Å². The van der Waals surface area contributed by atoms with Crippen LogP contribution in [0, 0.1) is 10.1 Å². The molecular weight excluding hydrogens is 214 g/mol. The van der Waals surface area contributed by atoms with Crippen molar-refractivity contribution in [3.8, 4) is 0 Å². The van der Waals surface area contributed by atoms with E-state index in [4.69, 9.17) is 0 Å². The highest BCUT2D eigenvalue weighted by Gasteiger charge is 2.04. The second kappa shape index (κ2) is 4.84. The summed E-state index contributed by atoms with van der Waals surface area (Å²) >= 11 is 0. The molecule has 0 saturated carbocycles. The second-order valence-electron chi connectivity index (χ2n) is 3.10. The molecule has 0 bridgehead atoms. The summed E-state index contributed by atoms with van der Waals surface area (Å²) in [4.78, 5) is 9.96. The van der Waals surface area contributed by atoms with Crippen LogP contribution in [0.5, 0.6) is 0 Å². The minimum atomic E-state index is -1.01. The van der Waals surface area contributed by atoms with Crippen LogP contribution in [0.3, 0.4) is 0 Å². The average molecular weight is 225 g/mol. The maximum absolute atomic E-state index is 10.9. The van der Waals surface area contributed by atoms with Crippen LogP contribution >= 0.6 is 0 Å². The SMILES string of the molecule is C/C(=C\S(C)=O)c1ccc([N+](=O)[O-])cc1. The van der Waals surface area contributed by atoms with Gasteiger partial charge in [0.15, 0.2) is 0 Å². The Morgan fingerprint density at radius 1 is 1.40 bits per heavy atom. The Bertz CT molecular complexity index is 423. The molecule has 0 aromatic heterocycles. The molecule has 0 radical (unpaired) electrons. The molecule has 1 aromatic carbocycles. The number of nitro benzene ring substituents is 1. The number of allylic oxidation sites excluding steroid dienone is 1. The van der Waals surface area contributed by atoms with Gasteiger partial charge in [-0.2, -0.15) is 0 Å². The molecule has 15 heavy (non-hydrogen) atoms. The van der Waals surface area contributed by atoms with Gasteiger partial charge < -0.3 is 0 Å². The van der Waals surface area contributed by atoms with E-state index < -0.39 is 15.7 Å². The molecular formula is C10H11NO3S. The van der Waals surface area contributed by atoms with Crippen LogP contribution in [0.4, 0.5) is 5.69 Å². The van der Waals surface area contributed by atoms with Gasteiger partial charge >= 0.3 is 0 Å². The molecule has 1 aromatic rings. The van der Waals surface area contributed by atoms with Crippen molar-refractivity contribution < 1.29 is 9.13 Å². The fraction of sp³-hybridized carbons (Fsp3) is 0.200. The molecule has 4 nitrogen and oxygen atoms in total.